The highest BCUT2D eigenvalue weighted by molar-refractivity contribution is 7.89. The molecule has 9 nitrogen and oxygen atoms in total. The largest absolute Gasteiger partial charge is 0.454 e. The molecular weight excluding hydrogens is 456 g/mol. The SMILES string of the molecule is CC(NS(=O)(=O)c1cccc2c(=O)[nH]ccc12)N1CCCNC(Cc2ccc3c(c2)OCO3)C1. The number of hydrogen-bond acceptors (Lipinski definition) is 7. The molecule has 2 atom stereocenters. The van der Waals surface area contributed by atoms with E-state index in [1.807, 2.05) is 25.1 Å². The van der Waals surface area contributed by atoms with Crippen LogP contribution in [0.25, 0.3) is 10.8 Å². The Morgan fingerprint density at radius 1 is 1.15 bits per heavy atom. The van der Waals surface area contributed by atoms with Gasteiger partial charge in [-0.1, -0.05) is 12.1 Å². The van der Waals surface area contributed by atoms with Gasteiger partial charge >= 0.3 is 0 Å². The van der Waals surface area contributed by atoms with E-state index >= 15 is 0 Å². The van der Waals surface area contributed by atoms with Crippen LogP contribution in [0.4, 0.5) is 0 Å². The minimum atomic E-state index is -3.84. The van der Waals surface area contributed by atoms with Crippen LogP contribution < -0.4 is 25.1 Å². The molecule has 2 unspecified atom stereocenters. The van der Waals surface area contributed by atoms with Gasteiger partial charge in [0.2, 0.25) is 16.8 Å². The Hall–Kier alpha value is -2.92. The van der Waals surface area contributed by atoms with Gasteiger partial charge in [0.1, 0.15) is 0 Å². The van der Waals surface area contributed by atoms with Gasteiger partial charge in [-0.3, -0.25) is 9.69 Å². The third kappa shape index (κ3) is 4.67. The lowest BCUT2D eigenvalue weighted by Crippen LogP contribution is -2.50. The first-order valence-electron chi connectivity index (χ1n) is 11.4. The second-order valence-corrected chi connectivity index (χ2v) is 10.4. The smallest absolute Gasteiger partial charge is 0.255 e. The van der Waals surface area contributed by atoms with E-state index in [-0.39, 0.29) is 23.3 Å². The Kier molecular flexibility index (Phi) is 6.30. The summed E-state index contributed by atoms with van der Waals surface area (Å²) in [6.45, 7) is 4.42. The first-order valence-corrected chi connectivity index (χ1v) is 12.9. The molecule has 0 saturated carbocycles. The average Bonchev–Trinajstić information content (AvgIpc) is 3.15. The van der Waals surface area contributed by atoms with E-state index in [2.05, 4.69) is 19.9 Å². The quantitative estimate of drug-likeness (QED) is 0.489. The second-order valence-electron chi connectivity index (χ2n) is 8.71. The van der Waals surface area contributed by atoms with Crippen molar-refractivity contribution in [2.24, 2.45) is 0 Å². The van der Waals surface area contributed by atoms with E-state index in [0.717, 1.165) is 43.0 Å². The number of rotatable bonds is 6. The van der Waals surface area contributed by atoms with Crippen LogP contribution in [-0.4, -0.2) is 56.9 Å². The number of hydrogen-bond donors (Lipinski definition) is 3. The maximum atomic E-state index is 13.3. The van der Waals surface area contributed by atoms with Crippen molar-refractivity contribution in [3.63, 3.8) is 0 Å². The van der Waals surface area contributed by atoms with Crippen LogP contribution in [0.3, 0.4) is 0 Å². The van der Waals surface area contributed by atoms with Crippen molar-refractivity contribution >= 4 is 20.8 Å². The summed E-state index contributed by atoms with van der Waals surface area (Å²) < 4.78 is 40.3. The molecular formula is C24H28N4O5S. The first kappa shape index (κ1) is 22.9. The highest BCUT2D eigenvalue weighted by Crippen LogP contribution is 2.33. The monoisotopic (exact) mass is 484 g/mol. The summed E-state index contributed by atoms with van der Waals surface area (Å²) in [4.78, 5) is 17.0. The number of benzene rings is 2. The second kappa shape index (κ2) is 9.38. The van der Waals surface area contributed by atoms with E-state index in [1.54, 1.807) is 18.2 Å². The summed E-state index contributed by atoms with van der Waals surface area (Å²) in [6, 6.07) is 12.5. The minimum absolute atomic E-state index is 0.104. The minimum Gasteiger partial charge on any atom is -0.454 e. The van der Waals surface area contributed by atoms with Crippen molar-refractivity contribution in [2.45, 2.75) is 36.9 Å². The van der Waals surface area contributed by atoms with E-state index in [4.69, 9.17) is 9.47 Å². The van der Waals surface area contributed by atoms with Crippen LogP contribution in [0.15, 0.2) is 58.4 Å². The Labute approximate surface area is 198 Å². The number of aromatic nitrogens is 1. The van der Waals surface area contributed by atoms with Gasteiger partial charge in [0.15, 0.2) is 11.5 Å². The Balaban J connectivity index is 1.31. The molecule has 0 aliphatic carbocycles. The number of nitrogens with zero attached hydrogens (tertiary/aromatic N) is 1. The Morgan fingerprint density at radius 3 is 2.88 bits per heavy atom. The van der Waals surface area contributed by atoms with Crippen LogP contribution in [0.1, 0.15) is 18.9 Å². The standard InChI is InChI=1S/C24H28N4O5S/c1-16(27-34(30,31)23-5-2-4-20-19(23)8-10-26-24(20)29)28-11-3-9-25-18(14-28)12-17-6-7-21-22(13-17)33-15-32-21/h2,4-8,10,13,16,18,25,27H,3,9,11-12,14-15H2,1H3,(H,26,29). The highest BCUT2D eigenvalue weighted by Gasteiger charge is 2.27. The van der Waals surface area contributed by atoms with Gasteiger partial charge in [-0.15, -0.1) is 0 Å². The van der Waals surface area contributed by atoms with Crippen molar-refractivity contribution in [3.8, 4) is 11.5 Å². The number of fused-ring (bicyclic) bond motifs is 2. The topological polar surface area (TPSA) is 113 Å². The number of sulfonamides is 1. The van der Waals surface area contributed by atoms with Crippen molar-refractivity contribution in [3.05, 3.63) is 64.6 Å². The van der Waals surface area contributed by atoms with Crippen LogP contribution >= 0.6 is 0 Å². The van der Waals surface area contributed by atoms with Crippen LogP contribution in [0.2, 0.25) is 0 Å². The molecule has 1 fully saturated rings. The zero-order valence-electron chi connectivity index (χ0n) is 18.9. The number of ether oxygens (including phenoxy) is 2. The molecule has 1 saturated heterocycles. The van der Waals surface area contributed by atoms with Gasteiger partial charge in [0.05, 0.1) is 11.1 Å². The van der Waals surface area contributed by atoms with Crippen LogP contribution in [0, 0.1) is 0 Å². The third-order valence-corrected chi connectivity index (χ3v) is 7.95. The fourth-order valence-electron chi connectivity index (χ4n) is 4.66. The fourth-order valence-corrected chi connectivity index (χ4v) is 6.11. The molecule has 0 spiro atoms. The van der Waals surface area contributed by atoms with E-state index in [9.17, 15) is 13.2 Å². The van der Waals surface area contributed by atoms with Crippen molar-refractivity contribution in [1.29, 1.82) is 0 Å². The number of H-pyrrole nitrogens is 1. The van der Waals surface area contributed by atoms with Crippen molar-refractivity contribution in [2.75, 3.05) is 26.4 Å². The molecule has 2 aromatic carbocycles. The molecule has 1 aromatic heterocycles. The van der Waals surface area contributed by atoms with Gasteiger partial charge in [0.25, 0.3) is 5.56 Å². The summed E-state index contributed by atoms with van der Waals surface area (Å²) in [7, 11) is -3.84. The fraction of sp³-hybridized carbons (Fsp3) is 0.375. The maximum absolute atomic E-state index is 13.3. The summed E-state index contributed by atoms with van der Waals surface area (Å²) in [6.07, 6.45) is 2.75. The summed E-state index contributed by atoms with van der Waals surface area (Å²) in [5.41, 5.74) is 0.824. The van der Waals surface area contributed by atoms with Crippen molar-refractivity contribution < 1.29 is 17.9 Å². The van der Waals surface area contributed by atoms with Gasteiger partial charge in [-0.25, -0.2) is 8.42 Å². The third-order valence-electron chi connectivity index (χ3n) is 6.37. The number of aromatic amines is 1. The number of nitrogens with one attached hydrogen (secondary N) is 3. The molecule has 3 N–H and O–H groups in total. The molecule has 2 aliphatic heterocycles. The van der Waals surface area contributed by atoms with Crippen molar-refractivity contribution in [1.82, 2.24) is 19.9 Å². The average molecular weight is 485 g/mol. The molecule has 2 aliphatic rings. The summed E-state index contributed by atoms with van der Waals surface area (Å²) in [5, 5.41) is 4.33. The lowest BCUT2D eigenvalue weighted by Gasteiger charge is -2.30. The summed E-state index contributed by atoms with van der Waals surface area (Å²) >= 11 is 0. The maximum Gasteiger partial charge on any atom is 0.255 e. The molecule has 5 rings (SSSR count). The van der Waals surface area contributed by atoms with E-state index in [0.29, 0.717) is 17.3 Å². The van der Waals surface area contributed by atoms with E-state index in [1.165, 1.54) is 12.3 Å². The first-order chi connectivity index (χ1) is 16.4. The molecule has 0 radical (unpaired) electrons. The highest BCUT2D eigenvalue weighted by atomic mass is 32.2. The van der Waals surface area contributed by atoms with Crippen LogP contribution in [-0.2, 0) is 16.4 Å². The van der Waals surface area contributed by atoms with Crippen LogP contribution in [0.5, 0.6) is 11.5 Å². The molecule has 3 heterocycles. The van der Waals surface area contributed by atoms with Gasteiger partial charge in [-0.05, 0) is 62.2 Å². The summed E-state index contributed by atoms with van der Waals surface area (Å²) in [5.74, 6) is 1.52. The van der Waals surface area contributed by atoms with E-state index < -0.39 is 16.2 Å². The van der Waals surface area contributed by atoms with Gasteiger partial charge in [0, 0.05) is 36.1 Å². The Bertz CT molecular complexity index is 1360. The molecule has 34 heavy (non-hydrogen) atoms. The molecule has 0 amide bonds. The Morgan fingerprint density at radius 2 is 2.00 bits per heavy atom. The predicted octanol–water partition coefficient (Wildman–Crippen LogP) is 1.79. The van der Waals surface area contributed by atoms with Gasteiger partial charge in [-0.2, -0.15) is 4.72 Å². The number of pyridine rings is 1. The zero-order valence-corrected chi connectivity index (χ0v) is 19.7. The lowest BCUT2D eigenvalue weighted by atomic mass is 10.0. The lowest BCUT2D eigenvalue weighted by molar-refractivity contribution is 0.174. The molecule has 0 bridgehead atoms. The normalized spacial score (nSPS) is 19.7. The molecule has 10 heteroatoms. The molecule has 180 valence electrons. The predicted molar refractivity (Wildman–Crippen MR) is 129 cm³/mol. The molecule has 3 aromatic rings. The zero-order chi connectivity index (χ0) is 23.7. The van der Waals surface area contributed by atoms with Gasteiger partial charge < -0.3 is 19.8 Å².